The Morgan fingerprint density at radius 2 is 1.86 bits per heavy atom. The van der Waals surface area contributed by atoms with Crippen LogP contribution >= 0.6 is 0 Å². The maximum absolute atomic E-state index is 10.6. The van der Waals surface area contributed by atoms with E-state index in [1.165, 1.54) is 16.7 Å². The van der Waals surface area contributed by atoms with Crippen molar-refractivity contribution in [2.45, 2.75) is 6.54 Å². The van der Waals surface area contributed by atoms with Gasteiger partial charge in [-0.25, -0.2) is 0 Å². The lowest BCUT2D eigenvalue weighted by Crippen LogP contribution is -3.13. The summed E-state index contributed by atoms with van der Waals surface area (Å²) in [6.07, 6.45) is 0. The number of piperazine rings is 1. The van der Waals surface area contributed by atoms with Crippen molar-refractivity contribution < 1.29 is 14.2 Å². The fourth-order valence-electron chi connectivity index (χ4n) is 2.70. The molecule has 0 spiro atoms. The van der Waals surface area contributed by atoms with E-state index in [1.807, 2.05) is 6.07 Å². The van der Waals surface area contributed by atoms with Gasteiger partial charge in [-0.3, -0.25) is 10.1 Å². The Balaban J connectivity index is 1.55. The molecule has 0 atom stereocenters. The van der Waals surface area contributed by atoms with E-state index >= 15 is 0 Å². The van der Waals surface area contributed by atoms with E-state index in [0.717, 1.165) is 26.2 Å². The standard InChI is InChI=1S/C15H17N3O3/c19-18(20)15-7-6-14(21-15)12-16-8-10-17(11-9-16)13-4-2-1-3-5-13/h1-7H,8-12H2/p+1. The lowest BCUT2D eigenvalue weighted by molar-refractivity contribution is -0.915. The van der Waals surface area contributed by atoms with Crippen molar-refractivity contribution in [1.82, 2.24) is 0 Å². The molecule has 1 aromatic carbocycles. The Morgan fingerprint density at radius 1 is 1.14 bits per heavy atom. The monoisotopic (exact) mass is 288 g/mol. The van der Waals surface area contributed by atoms with E-state index in [0.29, 0.717) is 12.3 Å². The van der Waals surface area contributed by atoms with Crippen molar-refractivity contribution in [1.29, 1.82) is 0 Å². The summed E-state index contributed by atoms with van der Waals surface area (Å²) in [4.78, 5) is 13.9. The molecule has 6 nitrogen and oxygen atoms in total. The van der Waals surface area contributed by atoms with Crippen LogP contribution in [-0.2, 0) is 6.54 Å². The van der Waals surface area contributed by atoms with Crippen LogP contribution in [0.4, 0.5) is 11.6 Å². The molecule has 1 fully saturated rings. The molecule has 2 aromatic rings. The first-order valence-corrected chi connectivity index (χ1v) is 7.09. The van der Waals surface area contributed by atoms with Gasteiger partial charge in [0, 0.05) is 5.69 Å². The Morgan fingerprint density at radius 3 is 2.48 bits per heavy atom. The third-order valence-corrected chi connectivity index (χ3v) is 3.84. The molecule has 0 amide bonds. The smallest absolute Gasteiger partial charge is 0.400 e. The zero-order chi connectivity index (χ0) is 14.7. The van der Waals surface area contributed by atoms with Crippen LogP contribution in [-0.4, -0.2) is 31.1 Å². The van der Waals surface area contributed by atoms with Crippen molar-refractivity contribution in [3.63, 3.8) is 0 Å². The quantitative estimate of drug-likeness (QED) is 0.676. The number of benzene rings is 1. The summed E-state index contributed by atoms with van der Waals surface area (Å²) >= 11 is 0. The minimum Gasteiger partial charge on any atom is -0.400 e. The number of rotatable bonds is 4. The molecule has 1 aliphatic heterocycles. The van der Waals surface area contributed by atoms with Gasteiger partial charge in [-0.1, -0.05) is 18.2 Å². The summed E-state index contributed by atoms with van der Waals surface area (Å²) < 4.78 is 5.23. The van der Waals surface area contributed by atoms with Gasteiger partial charge >= 0.3 is 5.88 Å². The summed E-state index contributed by atoms with van der Waals surface area (Å²) in [7, 11) is 0. The average Bonchev–Trinajstić information content (AvgIpc) is 2.98. The molecule has 6 heteroatoms. The van der Waals surface area contributed by atoms with Gasteiger partial charge in [0.15, 0.2) is 5.76 Å². The zero-order valence-corrected chi connectivity index (χ0v) is 11.7. The van der Waals surface area contributed by atoms with Crippen molar-refractivity contribution >= 4 is 11.6 Å². The lowest BCUT2D eigenvalue weighted by atomic mass is 10.2. The predicted octanol–water partition coefficient (Wildman–Crippen LogP) is 1.09. The third-order valence-electron chi connectivity index (χ3n) is 3.84. The van der Waals surface area contributed by atoms with E-state index in [2.05, 4.69) is 29.2 Å². The summed E-state index contributed by atoms with van der Waals surface area (Å²) in [5.74, 6) is 0.511. The lowest BCUT2D eigenvalue weighted by Gasteiger charge is -2.33. The summed E-state index contributed by atoms with van der Waals surface area (Å²) in [6, 6.07) is 13.5. The molecule has 110 valence electrons. The van der Waals surface area contributed by atoms with Gasteiger partial charge in [-0.05, 0) is 18.2 Å². The molecule has 0 radical (unpaired) electrons. The van der Waals surface area contributed by atoms with Crippen LogP contribution < -0.4 is 9.80 Å². The van der Waals surface area contributed by atoms with Gasteiger partial charge in [-0.2, -0.15) is 0 Å². The fourth-order valence-corrected chi connectivity index (χ4v) is 2.70. The summed E-state index contributed by atoms with van der Waals surface area (Å²) in [5, 5.41) is 10.6. The molecule has 0 bridgehead atoms. The molecule has 0 saturated carbocycles. The summed E-state index contributed by atoms with van der Waals surface area (Å²) in [5.41, 5.74) is 1.25. The Labute approximate surface area is 122 Å². The largest absolute Gasteiger partial charge is 0.433 e. The average molecular weight is 288 g/mol. The molecule has 0 aliphatic carbocycles. The predicted molar refractivity (Wildman–Crippen MR) is 78.4 cm³/mol. The Hall–Kier alpha value is -2.34. The van der Waals surface area contributed by atoms with Crippen molar-refractivity contribution in [3.8, 4) is 0 Å². The van der Waals surface area contributed by atoms with Crippen molar-refractivity contribution in [3.05, 3.63) is 58.3 Å². The molecular weight excluding hydrogens is 270 g/mol. The second-order valence-corrected chi connectivity index (χ2v) is 5.25. The van der Waals surface area contributed by atoms with E-state index in [-0.39, 0.29) is 5.88 Å². The van der Waals surface area contributed by atoms with Crippen molar-refractivity contribution in [2.24, 2.45) is 0 Å². The highest BCUT2D eigenvalue weighted by Crippen LogP contribution is 2.15. The number of nitrogens with zero attached hydrogens (tertiary/aromatic N) is 2. The van der Waals surface area contributed by atoms with Gasteiger partial charge in [0.2, 0.25) is 0 Å². The number of hydrogen-bond donors (Lipinski definition) is 1. The molecule has 0 unspecified atom stereocenters. The number of nitrogens with one attached hydrogen (secondary N) is 1. The molecule has 1 aromatic heterocycles. The van der Waals surface area contributed by atoms with E-state index in [9.17, 15) is 10.1 Å². The summed E-state index contributed by atoms with van der Waals surface area (Å²) in [6.45, 7) is 4.69. The number of furan rings is 1. The van der Waals surface area contributed by atoms with Crippen LogP contribution in [0.25, 0.3) is 0 Å². The van der Waals surface area contributed by atoms with Gasteiger partial charge in [0.05, 0.1) is 32.2 Å². The van der Waals surface area contributed by atoms with Gasteiger partial charge in [0.1, 0.15) is 11.5 Å². The first-order valence-electron chi connectivity index (χ1n) is 7.09. The second kappa shape index (κ2) is 5.97. The fraction of sp³-hybridized carbons (Fsp3) is 0.333. The third kappa shape index (κ3) is 3.22. The topological polar surface area (TPSA) is 64.0 Å². The maximum Gasteiger partial charge on any atom is 0.433 e. The first kappa shape index (κ1) is 13.6. The number of para-hydroxylation sites is 1. The molecule has 1 N–H and O–H groups in total. The first-order chi connectivity index (χ1) is 10.2. The normalized spacial score (nSPS) is 16.1. The van der Waals surface area contributed by atoms with Gasteiger partial charge < -0.3 is 14.2 Å². The van der Waals surface area contributed by atoms with E-state index in [1.54, 1.807) is 6.07 Å². The van der Waals surface area contributed by atoms with Crippen LogP contribution in [0.15, 0.2) is 46.9 Å². The van der Waals surface area contributed by atoms with Gasteiger partial charge in [0.25, 0.3) is 0 Å². The number of hydrogen-bond acceptors (Lipinski definition) is 4. The Bertz CT molecular complexity index is 604. The molecule has 21 heavy (non-hydrogen) atoms. The highest BCUT2D eigenvalue weighted by Gasteiger charge is 2.22. The van der Waals surface area contributed by atoms with Crippen LogP contribution in [0.3, 0.4) is 0 Å². The number of anilines is 1. The molecule has 2 heterocycles. The van der Waals surface area contributed by atoms with Crippen LogP contribution in [0.1, 0.15) is 5.76 Å². The van der Waals surface area contributed by atoms with E-state index in [4.69, 9.17) is 4.42 Å². The minimum atomic E-state index is -0.494. The molecule has 3 rings (SSSR count). The molecular formula is C15H18N3O3+. The Kier molecular flexibility index (Phi) is 3.87. The maximum atomic E-state index is 10.6. The highest BCUT2D eigenvalue weighted by atomic mass is 16.6. The SMILES string of the molecule is O=[N+]([O-])c1ccc(C[NH+]2CCN(c3ccccc3)CC2)o1. The van der Waals surface area contributed by atoms with Gasteiger partial charge in [-0.15, -0.1) is 0 Å². The van der Waals surface area contributed by atoms with Crippen molar-refractivity contribution in [2.75, 3.05) is 31.1 Å². The van der Waals surface area contributed by atoms with E-state index < -0.39 is 4.92 Å². The molecule has 1 aliphatic rings. The van der Waals surface area contributed by atoms with Crippen LogP contribution in [0, 0.1) is 10.1 Å². The minimum absolute atomic E-state index is 0.174. The van der Waals surface area contributed by atoms with Crippen LogP contribution in [0.2, 0.25) is 0 Å². The van der Waals surface area contributed by atoms with Crippen LogP contribution in [0.5, 0.6) is 0 Å². The second-order valence-electron chi connectivity index (χ2n) is 5.25. The molecule has 1 saturated heterocycles. The highest BCUT2D eigenvalue weighted by molar-refractivity contribution is 5.46. The number of nitro groups is 1. The zero-order valence-electron chi connectivity index (χ0n) is 11.7. The number of quaternary nitrogens is 1.